The van der Waals surface area contributed by atoms with Crippen LogP contribution in [-0.4, -0.2) is 50.4 Å². The van der Waals surface area contributed by atoms with Crippen LogP contribution in [0.1, 0.15) is 39.7 Å². The fraction of sp³-hybridized carbons (Fsp3) is 0.290. The molecule has 0 spiro atoms. The van der Waals surface area contributed by atoms with Crippen molar-refractivity contribution >= 4 is 10.9 Å². The van der Waals surface area contributed by atoms with Gasteiger partial charge in [0.25, 0.3) is 5.56 Å². The number of hydrogen-bond acceptors (Lipinski definition) is 6. The highest BCUT2D eigenvalue weighted by atomic mass is 19.1. The van der Waals surface area contributed by atoms with Crippen molar-refractivity contribution in [2.24, 2.45) is 0 Å². The Morgan fingerprint density at radius 3 is 2.50 bits per heavy atom. The number of H-pyrrole nitrogens is 1. The minimum atomic E-state index is -0.574. The van der Waals surface area contributed by atoms with E-state index in [0.717, 1.165) is 34.0 Å². The molecule has 40 heavy (non-hydrogen) atoms. The predicted molar refractivity (Wildman–Crippen MR) is 153 cm³/mol. The van der Waals surface area contributed by atoms with Crippen molar-refractivity contribution in [3.63, 3.8) is 0 Å². The van der Waals surface area contributed by atoms with Crippen molar-refractivity contribution in [1.29, 1.82) is 0 Å². The highest BCUT2D eigenvalue weighted by Crippen LogP contribution is 2.29. The van der Waals surface area contributed by atoms with E-state index >= 15 is 0 Å². The smallest absolute Gasteiger partial charge is 0.253 e. The number of aryl methyl sites for hydroxylation is 2. The lowest BCUT2D eigenvalue weighted by Gasteiger charge is -2.31. The van der Waals surface area contributed by atoms with Gasteiger partial charge in [-0.25, -0.2) is 9.07 Å². The minimum Gasteiger partial charge on any atom is -0.383 e. The Balaban J connectivity index is 1.65. The number of nitrogens with zero attached hydrogens (tertiary/aromatic N) is 5. The maximum Gasteiger partial charge on any atom is 0.253 e. The van der Waals surface area contributed by atoms with Gasteiger partial charge in [-0.3, -0.25) is 9.69 Å². The van der Waals surface area contributed by atoms with Gasteiger partial charge in [0.05, 0.1) is 13.2 Å². The molecule has 5 aromatic rings. The molecule has 1 atom stereocenters. The third kappa shape index (κ3) is 6.16. The monoisotopic (exact) mass is 540 g/mol. The highest BCUT2D eigenvalue weighted by molar-refractivity contribution is 5.81. The third-order valence-corrected chi connectivity index (χ3v) is 7.29. The highest BCUT2D eigenvalue weighted by Gasteiger charge is 2.30. The van der Waals surface area contributed by atoms with E-state index in [1.165, 1.54) is 17.7 Å². The van der Waals surface area contributed by atoms with Gasteiger partial charge in [0.15, 0.2) is 5.82 Å². The lowest BCUT2D eigenvalue weighted by atomic mass is 9.99. The number of fused-ring (bicyclic) bond motifs is 1. The predicted octanol–water partition coefficient (Wildman–Crippen LogP) is 4.75. The average molecular weight is 541 g/mol. The Kier molecular flexibility index (Phi) is 8.42. The minimum absolute atomic E-state index is 0.203. The van der Waals surface area contributed by atoms with Crippen LogP contribution >= 0.6 is 0 Å². The van der Waals surface area contributed by atoms with Gasteiger partial charge >= 0.3 is 0 Å². The first-order valence-corrected chi connectivity index (χ1v) is 13.3. The number of ether oxygens (including phenoxy) is 1. The average Bonchev–Trinajstić information content (AvgIpc) is 3.41. The Morgan fingerprint density at radius 2 is 1.75 bits per heavy atom. The van der Waals surface area contributed by atoms with E-state index in [0.29, 0.717) is 37.6 Å². The lowest BCUT2D eigenvalue weighted by molar-refractivity contribution is 0.172. The summed E-state index contributed by atoms with van der Waals surface area (Å²) < 4.78 is 20.8. The van der Waals surface area contributed by atoms with E-state index in [4.69, 9.17) is 4.74 Å². The zero-order valence-electron chi connectivity index (χ0n) is 23.0. The second-order valence-corrected chi connectivity index (χ2v) is 10.1. The fourth-order valence-electron chi connectivity index (χ4n) is 4.98. The molecular weight excluding hydrogens is 507 g/mol. The molecule has 0 radical (unpaired) electrons. The molecule has 0 aliphatic heterocycles. The number of hydrogen-bond donors (Lipinski definition) is 1. The molecule has 0 aliphatic carbocycles. The lowest BCUT2D eigenvalue weighted by Crippen LogP contribution is -2.36. The molecule has 0 saturated heterocycles. The number of rotatable bonds is 11. The van der Waals surface area contributed by atoms with Crippen LogP contribution in [0.25, 0.3) is 10.9 Å². The van der Waals surface area contributed by atoms with Crippen LogP contribution in [0.5, 0.6) is 0 Å². The van der Waals surface area contributed by atoms with Crippen LogP contribution in [-0.2, 0) is 24.2 Å². The summed E-state index contributed by atoms with van der Waals surface area (Å²) in [7, 11) is 1.63. The van der Waals surface area contributed by atoms with Crippen molar-refractivity contribution in [3.05, 3.63) is 123 Å². The second kappa shape index (κ2) is 12.3. The van der Waals surface area contributed by atoms with Crippen molar-refractivity contribution in [2.75, 3.05) is 20.3 Å². The van der Waals surface area contributed by atoms with Crippen molar-refractivity contribution < 1.29 is 9.13 Å². The maximum atomic E-state index is 13.8. The first-order chi connectivity index (χ1) is 19.4. The molecular formula is C31H33FN6O2. The molecule has 0 aliphatic rings. The number of pyridine rings is 1. The van der Waals surface area contributed by atoms with Gasteiger partial charge < -0.3 is 9.72 Å². The van der Waals surface area contributed by atoms with Gasteiger partial charge in [0.1, 0.15) is 11.9 Å². The molecule has 9 heteroatoms. The molecule has 3 aromatic carbocycles. The van der Waals surface area contributed by atoms with Crippen LogP contribution in [0.3, 0.4) is 0 Å². The summed E-state index contributed by atoms with van der Waals surface area (Å²) in [4.78, 5) is 19.0. The molecule has 206 valence electrons. The first-order valence-electron chi connectivity index (χ1n) is 13.3. The largest absolute Gasteiger partial charge is 0.383 e. The normalized spacial score (nSPS) is 12.3. The second-order valence-electron chi connectivity index (χ2n) is 10.1. The number of methoxy groups -OCH3 is 1. The summed E-state index contributed by atoms with van der Waals surface area (Å²) in [6.07, 6.45) is 0.738. The van der Waals surface area contributed by atoms with Crippen molar-refractivity contribution in [2.45, 2.75) is 39.4 Å². The Bertz CT molecular complexity index is 1630. The number of tetrazole rings is 1. The number of aromatic amines is 1. The summed E-state index contributed by atoms with van der Waals surface area (Å²) in [5, 5.41) is 13.6. The van der Waals surface area contributed by atoms with Crippen LogP contribution < -0.4 is 5.56 Å². The molecule has 0 saturated carbocycles. The van der Waals surface area contributed by atoms with Crippen LogP contribution in [0.2, 0.25) is 0 Å². The molecule has 1 N–H and O–H groups in total. The molecule has 8 nitrogen and oxygen atoms in total. The molecule has 5 rings (SSSR count). The maximum absolute atomic E-state index is 13.8. The van der Waals surface area contributed by atoms with Gasteiger partial charge in [0, 0.05) is 31.3 Å². The van der Waals surface area contributed by atoms with Crippen LogP contribution in [0, 0.1) is 19.7 Å². The summed E-state index contributed by atoms with van der Waals surface area (Å²) >= 11 is 0. The summed E-state index contributed by atoms with van der Waals surface area (Å²) in [5.41, 5.74) is 5.45. The van der Waals surface area contributed by atoms with Crippen LogP contribution in [0.15, 0.2) is 77.6 Å². The Hall–Kier alpha value is -4.21. The zero-order chi connectivity index (χ0) is 28.1. The summed E-state index contributed by atoms with van der Waals surface area (Å²) in [5.74, 6) is 0.247. The Labute approximate surface area is 232 Å². The van der Waals surface area contributed by atoms with Gasteiger partial charge in [-0.15, -0.1) is 5.10 Å². The molecule has 2 aromatic heterocycles. The van der Waals surface area contributed by atoms with Crippen LogP contribution in [0.4, 0.5) is 4.39 Å². The quantitative estimate of drug-likeness (QED) is 0.260. The van der Waals surface area contributed by atoms with Gasteiger partial charge in [-0.05, 0) is 88.7 Å². The standard InChI is InChI=1S/C31H33FN6O2/c1-21-17-25-19-27(31(39)33-28(25)18-22(21)2)29(30-34-35-36-38(30)15-16-40-3)37(14-13-23-7-5-4-6-8-23)20-24-9-11-26(32)12-10-24/h4-12,17-19,29H,13-16,20H2,1-3H3,(H,33,39)/t29-/m0/s1. The zero-order valence-corrected chi connectivity index (χ0v) is 23.0. The third-order valence-electron chi connectivity index (χ3n) is 7.29. The fourth-order valence-corrected chi connectivity index (χ4v) is 4.98. The van der Waals surface area contributed by atoms with Gasteiger partial charge in [-0.1, -0.05) is 42.5 Å². The topological polar surface area (TPSA) is 88.9 Å². The van der Waals surface area contributed by atoms with E-state index in [-0.39, 0.29) is 11.4 Å². The number of nitrogens with one attached hydrogen (secondary N) is 1. The summed E-state index contributed by atoms with van der Waals surface area (Å²) in [6.45, 7) is 6.00. The van der Waals surface area contributed by atoms with E-state index in [1.54, 1.807) is 23.9 Å². The number of benzene rings is 3. The molecule has 0 bridgehead atoms. The number of halogens is 1. The van der Waals surface area contributed by atoms with E-state index in [1.807, 2.05) is 37.3 Å². The first kappa shape index (κ1) is 27.4. The van der Waals surface area contributed by atoms with E-state index < -0.39 is 6.04 Å². The van der Waals surface area contributed by atoms with Gasteiger partial charge in [0.2, 0.25) is 0 Å². The van der Waals surface area contributed by atoms with Crippen molar-refractivity contribution in [1.82, 2.24) is 30.1 Å². The molecule has 0 amide bonds. The molecule has 2 heterocycles. The van der Waals surface area contributed by atoms with E-state index in [9.17, 15) is 9.18 Å². The SMILES string of the molecule is COCCn1nnnc1[C@H](c1cc2cc(C)c(C)cc2[nH]c1=O)N(CCc1ccccc1)Cc1ccc(F)cc1. The number of aromatic nitrogens is 5. The molecule has 0 unspecified atom stereocenters. The molecule has 0 fully saturated rings. The van der Waals surface area contributed by atoms with Crippen molar-refractivity contribution in [3.8, 4) is 0 Å². The van der Waals surface area contributed by atoms with E-state index in [2.05, 4.69) is 50.5 Å². The Morgan fingerprint density at radius 1 is 1.00 bits per heavy atom. The summed E-state index contributed by atoms with van der Waals surface area (Å²) in [6, 6.07) is 22.1. The van der Waals surface area contributed by atoms with Gasteiger partial charge in [-0.2, -0.15) is 0 Å².